The van der Waals surface area contributed by atoms with Gasteiger partial charge in [0.25, 0.3) is 0 Å². The molecule has 3 aromatic heterocycles. The number of halogens is 2. The molecule has 164 valence electrons. The number of benzene rings is 1. The van der Waals surface area contributed by atoms with E-state index in [0.29, 0.717) is 29.2 Å². The zero-order chi connectivity index (χ0) is 22.1. The molecule has 1 fully saturated rings. The molecule has 0 spiro atoms. The first-order chi connectivity index (χ1) is 15.5. The molecule has 0 aliphatic heterocycles. The molecular formula is C24H24ClFN6. The minimum Gasteiger partial charge on any atom is -0.367 e. The van der Waals surface area contributed by atoms with Gasteiger partial charge in [-0.1, -0.05) is 23.7 Å². The van der Waals surface area contributed by atoms with Crippen molar-refractivity contribution in [3.8, 4) is 11.1 Å². The predicted molar refractivity (Wildman–Crippen MR) is 125 cm³/mol. The van der Waals surface area contributed by atoms with E-state index in [2.05, 4.69) is 25.3 Å². The van der Waals surface area contributed by atoms with Crippen LogP contribution in [0.1, 0.15) is 37.1 Å². The molecule has 0 atom stereocenters. The quantitative estimate of drug-likeness (QED) is 0.394. The van der Waals surface area contributed by atoms with Gasteiger partial charge in [0.05, 0.1) is 10.5 Å². The summed E-state index contributed by atoms with van der Waals surface area (Å²) in [6.45, 7) is 0. The number of aromatic nitrogens is 4. The highest BCUT2D eigenvalue weighted by Crippen LogP contribution is 2.31. The second-order valence-electron chi connectivity index (χ2n) is 8.39. The van der Waals surface area contributed by atoms with Crippen molar-refractivity contribution in [2.45, 2.75) is 44.2 Å². The van der Waals surface area contributed by atoms with E-state index in [1.54, 1.807) is 24.5 Å². The van der Waals surface area contributed by atoms with E-state index in [1.165, 1.54) is 12.1 Å². The van der Waals surface area contributed by atoms with Gasteiger partial charge in [-0.25, -0.2) is 19.3 Å². The minimum absolute atomic E-state index is 0.250. The molecule has 1 aliphatic rings. The van der Waals surface area contributed by atoms with E-state index >= 15 is 0 Å². The van der Waals surface area contributed by atoms with E-state index in [9.17, 15) is 4.39 Å². The highest BCUT2D eigenvalue weighted by Gasteiger charge is 2.19. The Kier molecular flexibility index (Phi) is 5.76. The minimum atomic E-state index is -0.250. The number of H-pyrrole nitrogens is 1. The second-order valence-corrected chi connectivity index (χ2v) is 8.79. The molecule has 0 radical (unpaired) electrons. The third-order valence-corrected chi connectivity index (χ3v) is 6.26. The molecule has 8 heteroatoms. The molecule has 5 rings (SSSR count). The molecule has 1 aromatic carbocycles. The summed E-state index contributed by atoms with van der Waals surface area (Å²) in [4.78, 5) is 16.8. The average molecular weight is 451 g/mol. The number of aromatic amines is 1. The van der Waals surface area contributed by atoms with Gasteiger partial charge in [0.2, 0.25) is 0 Å². The van der Waals surface area contributed by atoms with Crippen molar-refractivity contribution in [1.29, 1.82) is 0 Å². The van der Waals surface area contributed by atoms with Crippen molar-refractivity contribution >= 4 is 28.6 Å². The molecule has 1 aliphatic carbocycles. The highest BCUT2D eigenvalue weighted by molar-refractivity contribution is 6.33. The molecule has 0 saturated heterocycles. The molecule has 4 N–H and O–H groups in total. The highest BCUT2D eigenvalue weighted by atomic mass is 35.5. The van der Waals surface area contributed by atoms with E-state index < -0.39 is 0 Å². The second kappa shape index (κ2) is 8.84. The van der Waals surface area contributed by atoms with E-state index in [1.807, 2.05) is 12.1 Å². The topological polar surface area (TPSA) is 92.5 Å². The number of anilines is 1. The maximum atomic E-state index is 13.1. The Morgan fingerprint density at radius 3 is 2.62 bits per heavy atom. The number of fused-ring (bicyclic) bond motifs is 1. The Hall–Kier alpha value is -3.03. The van der Waals surface area contributed by atoms with Gasteiger partial charge in [-0.3, -0.25) is 0 Å². The van der Waals surface area contributed by atoms with Gasteiger partial charge < -0.3 is 16.0 Å². The largest absolute Gasteiger partial charge is 0.367 e. The monoisotopic (exact) mass is 450 g/mol. The Labute approximate surface area is 190 Å². The summed E-state index contributed by atoms with van der Waals surface area (Å²) >= 11 is 6.48. The van der Waals surface area contributed by atoms with Crippen LogP contribution < -0.4 is 11.1 Å². The van der Waals surface area contributed by atoms with E-state index in [-0.39, 0.29) is 5.82 Å². The van der Waals surface area contributed by atoms with Crippen LogP contribution in [0, 0.1) is 5.82 Å². The third-order valence-electron chi connectivity index (χ3n) is 5.96. The van der Waals surface area contributed by atoms with Crippen molar-refractivity contribution in [3.63, 3.8) is 0 Å². The Balaban J connectivity index is 1.38. The standard InChI is InChI=1S/C24H24ClFN6/c25-20-13-28-22(30-18-7-5-17(27)6-8-18)11-19(20)15-10-21-24(29-12-15)32-23(31-21)9-14-1-3-16(26)4-2-14/h1-4,10-13,17-18H,5-9,27H2,(H,28,30)(H,29,31,32). The number of hydrogen-bond acceptors (Lipinski definition) is 5. The van der Waals surface area contributed by atoms with Crippen LogP contribution in [0.15, 0.2) is 48.8 Å². The van der Waals surface area contributed by atoms with Gasteiger partial charge in [-0.2, -0.15) is 0 Å². The first-order valence-corrected chi connectivity index (χ1v) is 11.2. The molecule has 0 bridgehead atoms. The van der Waals surface area contributed by atoms with E-state index in [4.69, 9.17) is 17.3 Å². The van der Waals surface area contributed by atoms with Gasteiger partial charge in [-0.15, -0.1) is 0 Å². The fourth-order valence-electron chi connectivity index (χ4n) is 4.19. The van der Waals surface area contributed by atoms with Gasteiger partial charge in [0.15, 0.2) is 5.65 Å². The van der Waals surface area contributed by atoms with Crippen LogP contribution in [0.4, 0.5) is 10.2 Å². The lowest BCUT2D eigenvalue weighted by molar-refractivity contribution is 0.410. The molecule has 3 heterocycles. The summed E-state index contributed by atoms with van der Waals surface area (Å²) in [5, 5.41) is 4.08. The lowest BCUT2D eigenvalue weighted by atomic mass is 9.92. The SMILES string of the molecule is NC1CCC(Nc2cc(-c3cnc4nc(Cc5ccc(F)cc5)[nH]c4c3)c(Cl)cn2)CC1. The molecule has 6 nitrogen and oxygen atoms in total. The fraction of sp³-hybridized carbons (Fsp3) is 0.292. The lowest BCUT2D eigenvalue weighted by Gasteiger charge is -2.27. The maximum Gasteiger partial charge on any atom is 0.177 e. The van der Waals surface area contributed by atoms with Gasteiger partial charge >= 0.3 is 0 Å². The Morgan fingerprint density at radius 1 is 1.06 bits per heavy atom. The van der Waals surface area contributed by atoms with E-state index in [0.717, 1.165) is 59.5 Å². The van der Waals surface area contributed by atoms with Gasteiger partial charge in [0.1, 0.15) is 17.5 Å². The summed E-state index contributed by atoms with van der Waals surface area (Å²) in [6.07, 6.45) is 8.15. The summed E-state index contributed by atoms with van der Waals surface area (Å²) in [6, 6.07) is 11.1. The molecular weight excluding hydrogens is 427 g/mol. The van der Waals surface area contributed by atoms with Gasteiger partial charge in [0, 0.05) is 42.0 Å². The van der Waals surface area contributed by atoms with Crippen LogP contribution in [-0.4, -0.2) is 32.0 Å². The van der Waals surface area contributed by atoms with Crippen LogP contribution in [0.2, 0.25) is 5.02 Å². The Bertz CT molecular complexity index is 1230. The van der Waals surface area contributed by atoms with Crippen molar-refractivity contribution in [3.05, 3.63) is 71.0 Å². The predicted octanol–water partition coefficient (Wildman–Crippen LogP) is 5.09. The number of nitrogens with one attached hydrogen (secondary N) is 2. The summed E-state index contributed by atoms with van der Waals surface area (Å²) in [5.41, 5.74) is 10.2. The van der Waals surface area contributed by atoms with Crippen LogP contribution in [-0.2, 0) is 6.42 Å². The molecule has 4 aromatic rings. The van der Waals surface area contributed by atoms with Crippen molar-refractivity contribution in [2.75, 3.05) is 5.32 Å². The van der Waals surface area contributed by atoms with Crippen molar-refractivity contribution in [2.24, 2.45) is 5.73 Å². The summed E-state index contributed by atoms with van der Waals surface area (Å²) in [7, 11) is 0. The Morgan fingerprint density at radius 2 is 1.84 bits per heavy atom. The molecule has 0 unspecified atom stereocenters. The fourth-order valence-corrected chi connectivity index (χ4v) is 4.40. The molecule has 0 amide bonds. The summed E-state index contributed by atoms with van der Waals surface area (Å²) < 4.78 is 13.1. The normalized spacial score (nSPS) is 18.7. The van der Waals surface area contributed by atoms with Crippen LogP contribution in [0.25, 0.3) is 22.3 Å². The lowest BCUT2D eigenvalue weighted by Crippen LogP contribution is -2.33. The number of imidazole rings is 1. The third kappa shape index (κ3) is 4.59. The maximum absolute atomic E-state index is 13.1. The van der Waals surface area contributed by atoms with Crippen LogP contribution in [0.5, 0.6) is 0 Å². The zero-order valence-electron chi connectivity index (χ0n) is 17.5. The zero-order valence-corrected chi connectivity index (χ0v) is 18.2. The van der Waals surface area contributed by atoms with Crippen molar-refractivity contribution < 1.29 is 4.39 Å². The number of rotatable bonds is 5. The van der Waals surface area contributed by atoms with Crippen molar-refractivity contribution in [1.82, 2.24) is 19.9 Å². The first kappa shape index (κ1) is 20.8. The van der Waals surface area contributed by atoms with Crippen LogP contribution >= 0.6 is 11.6 Å². The number of pyridine rings is 2. The average Bonchev–Trinajstić information content (AvgIpc) is 3.19. The first-order valence-electron chi connectivity index (χ1n) is 10.8. The molecule has 1 saturated carbocycles. The summed E-state index contributed by atoms with van der Waals surface area (Å²) in [5.74, 6) is 1.32. The number of nitrogens with zero attached hydrogens (tertiary/aromatic N) is 3. The number of nitrogens with two attached hydrogens (primary N) is 1. The van der Waals surface area contributed by atoms with Gasteiger partial charge in [-0.05, 0) is 55.5 Å². The smallest absolute Gasteiger partial charge is 0.177 e. The molecule has 32 heavy (non-hydrogen) atoms. The number of hydrogen-bond donors (Lipinski definition) is 3. The van der Waals surface area contributed by atoms with Crippen LogP contribution in [0.3, 0.4) is 0 Å².